The molecule has 5 rings (SSSR count). The number of benzene rings is 3. The maximum Gasteiger partial charge on any atom is 0.222 e. The molecule has 1 amide bonds. The number of hydrogen-bond donors (Lipinski definition) is 1. The first-order valence-corrected chi connectivity index (χ1v) is 12.1. The van der Waals surface area contributed by atoms with Crippen LogP contribution in [0.15, 0.2) is 91.0 Å². The van der Waals surface area contributed by atoms with E-state index < -0.39 is 6.23 Å². The van der Waals surface area contributed by atoms with Crippen molar-refractivity contribution in [2.45, 2.75) is 50.8 Å². The Morgan fingerprint density at radius 1 is 0.714 bits per heavy atom. The number of rotatable bonds is 10. The number of carbonyl (C=O) groups is 1. The van der Waals surface area contributed by atoms with Gasteiger partial charge in [0.1, 0.15) is 18.4 Å². The van der Waals surface area contributed by atoms with Crippen LogP contribution < -0.4 is 5.32 Å². The Balaban J connectivity index is 1.33. The molecule has 2 heterocycles. The van der Waals surface area contributed by atoms with Gasteiger partial charge in [-0.15, -0.1) is 0 Å². The SMILES string of the molecule is O=C1CC2C(OCc3ccccc3)[C@H](OCc3ccccc3)C(COCc3ccccc3)O[C@@H]2N1. The Bertz CT molecular complexity index is 1060. The van der Waals surface area contributed by atoms with Crippen LogP contribution in [0.5, 0.6) is 0 Å². The lowest BCUT2D eigenvalue weighted by atomic mass is 9.89. The van der Waals surface area contributed by atoms with E-state index in [1.807, 2.05) is 91.0 Å². The van der Waals surface area contributed by atoms with E-state index in [9.17, 15) is 4.79 Å². The fourth-order valence-electron chi connectivity index (χ4n) is 4.75. The molecule has 0 aliphatic carbocycles. The van der Waals surface area contributed by atoms with E-state index in [2.05, 4.69) is 5.32 Å². The van der Waals surface area contributed by atoms with Gasteiger partial charge in [0.05, 0.1) is 32.5 Å². The van der Waals surface area contributed by atoms with Crippen molar-refractivity contribution >= 4 is 5.91 Å². The lowest BCUT2D eigenvalue weighted by Crippen LogP contribution is -2.58. The van der Waals surface area contributed by atoms with Crippen LogP contribution in [0.3, 0.4) is 0 Å². The molecular weight excluding hydrogens is 442 g/mol. The van der Waals surface area contributed by atoms with Crippen molar-refractivity contribution in [3.63, 3.8) is 0 Å². The van der Waals surface area contributed by atoms with Gasteiger partial charge in [-0.3, -0.25) is 4.79 Å². The minimum absolute atomic E-state index is 0.0269. The summed E-state index contributed by atoms with van der Waals surface area (Å²) in [5.74, 6) is -0.154. The topological polar surface area (TPSA) is 66.0 Å². The number of amides is 1. The summed E-state index contributed by atoms with van der Waals surface area (Å²) in [6.07, 6.45) is -1.15. The van der Waals surface area contributed by atoms with Crippen LogP contribution in [0.4, 0.5) is 0 Å². The van der Waals surface area contributed by atoms with Crippen LogP contribution >= 0.6 is 0 Å². The summed E-state index contributed by atoms with van der Waals surface area (Å²) in [5, 5.41) is 2.96. The predicted molar refractivity (Wildman–Crippen MR) is 131 cm³/mol. The summed E-state index contributed by atoms with van der Waals surface area (Å²) in [5.41, 5.74) is 3.24. The molecule has 2 fully saturated rings. The van der Waals surface area contributed by atoms with Crippen LogP contribution in [0.2, 0.25) is 0 Å². The molecule has 35 heavy (non-hydrogen) atoms. The third-order valence-corrected chi connectivity index (χ3v) is 6.51. The highest BCUT2D eigenvalue weighted by atomic mass is 16.6. The van der Waals surface area contributed by atoms with Crippen LogP contribution in [0.25, 0.3) is 0 Å². The average Bonchev–Trinajstić information content (AvgIpc) is 3.28. The third kappa shape index (κ3) is 6.16. The molecule has 3 aromatic carbocycles. The van der Waals surface area contributed by atoms with E-state index in [-0.39, 0.29) is 30.1 Å². The highest BCUT2D eigenvalue weighted by molar-refractivity contribution is 5.79. The van der Waals surface area contributed by atoms with E-state index >= 15 is 0 Å². The molecule has 6 nitrogen and oxygen atoms in total. The molecular formula is C29H31NO5. The zero-order chi connectivity index (χ0) is 23.9. The second kappa shape index (κ2) is 11.6. The van der Waals surface area contributed by atoms with E-state index in [1.54, 1.807) is 0 Å². The number of carbonyl (C=O) groups excluding carboxylic acids is 1. The van der Waals surface area contributed by atoms with Crippen molar-refractivity contribution in [3.8, 4) is 0 Å². The quantitative estimate of drug-likeness (QED) is 0.477. The molecule has 6 heteroatoms. The first-order valence-electron chi connectivity index (χ1n) is 12.1. The summed E-state index contributed by atoms with van der Waals surface area (Å²) in [4.78, 5) is 12.3. The molecule has 5 atom stereocenters. The molecule has 1 N–H and O–H groups in total. The fraction of sp³-hybridized carbons (Fsp3) is 0.345. The molecule has 0 aromatic heterocycles. The van der Waals surface area contributed by atoms with Crippen LogP contribution in [0.1, 0.15) is 23.1 Å². The maximum atomic E-state index is 12.3. The molecule has 2 aliphatic heterocycles. The molecule has 0 radical (unpaired) electrons. The minimum Gasteiger partial charge on any atom is -0.374 e. The lowest BCUT2D eigenvalue weighted by molar-refractivity contribution is -0.242. The summed E-state index contributed by atoms with van der Waals surface area (Å²) >= 11 is 0. The highest BCUT2D eigenvalue weighted by Gasteiger charge is 2.51. The van der Waals surface area contributed by atoms with Crippen molar-refractivity contribution in [1.29, 1.82) is 0 Å². The van der Waals surface area contributed by atoms with E-state index in [0.717, 1.165) is 16.7 Å². The number of ether oxygens (including phenoxy) is 4. The summed E-state index contributed by atoms with van der Waals surface area (Å²) in [6, 6.07) is 30.1. The summed E-state index contributed by atoms with van der Waals surface area (Å²) in [6.45, 7) is 1.67. The Kier molecular flexibility index (Phi) is 7.85. The highest BCUT2D eigenvalue weighted by Crippen LogP contribution is 2.36. The second-order valence-corrected chi connectivity index (χ2v) is 9.05. The Morgan fingerprint density at radius 2 is 1.23 bits per heavy atom. The smallest absolute Gasteiger partial charge is 0.222 e. The fourth-order valence-corrected chi connectivity index (χ4v) is 4.75. The Hall–Kier alpha value is -3.03. The number of hydrogen-bond acceptors (Lipinski definition) is 5. The average molecular weight is 474 g/mol. The largest absolute Gasteiger partial charge is 0.374 e. The van der Waals surface area contributed by atoms with Crippen molar-refractivity contribution in [1.82, 2.24) is 5.32 Å². The van der Waals surface area contributed by atoms with Gasteiger partial charge in [0.15, 0.2) is 0 Å². The standard InChI is InChI=1S/C29H31NO5/c31-26-16-24-27(33-18-22-12-6-2-7-13-22)28(34-19-23-14-8-3-9-15-23)25(35-29(24)30-26)20-32-17-21-10-4-1-5-11-21/h1-15,24-25,27-29H,16-20H2,(H,30,31)/t24?,25?,27?,28-,29+/m1/s1. The molecule has 3 unspecified atom stereocenters. The Morgan fingerprint density at radius 3 is 1.80 bits per heavy atom. The van der Waals surface area contributed by atoms with Gasteiger partial charge in [0, 0.05) is 12.3 Å². The zero-order valence-corrected chi connectivity index (χ0v) is 19.6. The lowest BCUT2D eigenvalue weighted by Gasteiger charge is -2.43. The van der Waals surface area contributed by atoms with Gasteiger partial charge in [-0.2, -0.15) is 0 Å². The monoisotopic (exact) mass is 473 g/mol. The van der Waals surface area contributed by atoms with Crippen LogP contribution in [0, 0.1) is 5.92 Å². The van der Waals surface area contributed by atoms with E-state index in [4.69, 9.17) is 18.9 Å². The van der Waals surface area contributed by atoms with Gasteiger partial charge in [-0.05, 0) is 16.7 Å². The van der Waals surface area contributed by atoms with Crippen molar-refractivity contribution in [2.24, 2.45) is 5.92 Å². The summed E-state index contributed by atoms with van der Waals surface area (Å²) in [7, 11) is 0. The van der Waals surface area contributed by atoms with Crippen LogP contribution in [-0.2, 0) is 43.6 Å². The molecule has 0 saturated carbocycles. The normalized spacial score (nSPS) is 25.7. The van der Waals surface area contributed by atoms with E-state index in [1.165, 1.54) is 0 Å². The molecule has 0 spiro atoms. The molecule has 3 aromatic rings. The van der Waals surface area contributed by atoms with Gasteiger partial charge in [-0.25, -0.2) is 0 Å². The minimum atomic E-state index is -0.412. The third-order valence-electron chi connectivity index (χ3n) is 6.51. The Labute approximate surface area is 206 Å². The van der Waals surface area contributed by atoms with Gasteiger partial charge in [0.25, 0.3) is 0 Å². The van der Waals surface area contributed by atoms with Crippen molar-refractivity contribution in [2.75, 3.05) is 6.61 Å². The number of fused-ring (bicyclic) bond motifs is 1. The summed E-state index contributed by atoms with van der Waals surface area (Å²) < 4.78 is 25.3. The van der Waals surface area contributed by atoms with Crippen molar-refractivity contribution < 1.29 is 23.7 Å². The molecule has 0 bridgehead atoms. The van der Waals surface area contributed by atoms with Crippen molar-refractivity contribution in [3.05, 3.63) is 108 Å². The van der Waals surface area contributed by atoms with Gasteiger partial charge in [0.2, 0.25) is 5.91 Å². The van der Waals surface area contributed by atoms with Gasteiger partial charge in [-0.1, -0.05) is 91.0 Å². The maximum absolute atomic E-state index is 12.3. The number of nitrogens with one attached hydrogen (secondary N) is 1. The predicted octanol–water partition coefficient (Wildman–Crippen LogP) is 4.24. The molecule has 2 saturated heterocycles. The molecule has 2 aliphatic rings. The second-order valence-electron chi connectivity index (χ2n) is 9.05. The van der Waals surface area contributed by atoms with E-state index in [0.29, 0.717) is 32.8 Å². The first kappa shape index (κ1) is 23.7. The van der Waals surface area contributed by atoms with Gasteiger partial charge < -0.3 is 24.3 Å². The molecule has 182 valence electrons. The zero-order valence-electron chi connectivity index (χ0n) is 19.6. The van der Waals surface area contributed by atoms with Gasteiger partial charge >= 0.3 is 0 Å². The van der Waals surface area contributed by atoms with Crippen LogP contribution in [-0.4, -0.2) is 37.1 Å². The first-order chi connectivity index (χ1) is 17.3.